The number of benzene rings is 1. The molecule has 0 aliphatic heterocycles. The van der Waals surface area contributed by atoms with Gasteiger partial charge in [-0.1, -0.05) is 29.3 Å². The predicted octanol–water partition coefficient (Wildman–Crippen LogP) is 2.15. The van der Waals surface area contributed by atoms with Crippen molar-refractivity contribution in [1.82, 2.24) is 4.90 Å². The van der Waals surface area contributed by atoms with Gasteiger partial charge in [0.2, 0.25) is 6.29 Å². The van der Waals surface area contributed by atoms with Crippen molar-refractivity contribution < 1.29 is 9.59 Å². The number of nitrogens with zero attached hydrogens (tertiary/aromatic N) is 1. The zero-order valence-electron chi connectivity index (χ0n) is 8.04. The molecule has 1 aromatic carbocycles. The normalized spacial score (nSPS) is 9.80. The van der Waals surface area contributed by atoms with E-state index in [2.05, 4.69) is 0 Å². The van der Waals surface area contributed by atoms with Crippen LogP contribution in [0.4, 0.5) is 0 Å². The number of aldehydes is 1. The van der Waals surface area contributed by atoms with E-state index in [0.717, 1.165) is 5.56 Å². The fourth-order valence-electron chi connectivity index (χ4n) is 1.08. The van der Waals surface area contributed by atoms with Crippen LogP contribution in [0.1, 0.15) is 5.56 Å². The summed E-state index contributed by atoms with van der Waals surface area (Å²) < 4.78 is 0. The van der Waals surface area contributed by atoms with Crippen LogP contribution in [0.3, 0.4) is 0 Å². The van der Waals surface area contributed by atoms with E-state index in [0.29, 0.717) is 16.6 Å². The number of carbonyl (C=O) groups is 2. The number of amides is 1. The predicted molar refractivity (Wildman–Crippen MR) is 59.0 cm³/mol. The lowest BCUT2D eigenvalue weighted by Gasteiger charge is -2.14. The third-order valence-electron chi connectivity index (χ3n) is 1.88. The second kappa shape index (κ2) is 5.14. The van der Waals surface area contributed by atoms with Gasteiger partial charge in [-0.3, -0.25) is 9.59 Å². The molecule has 0 heterocycles. The van der Waals surface area contributed by atoms with Gasteiger partial charge in [-0.05, 0) is 17.7 Å². The van der Waals surface area contributed by atoms with Gasteiger partial charge in [0.1, 0.15) is 0 Å². The summed E-state index contributed by atoms with van der Waals surface area (Å²) in [6.45, 7) is 0.328. The van der Waals surface area contributed by atoms with Gasteiger partial charge in [-0.15, -0.1) is 0 Å². The Balaban J connectivity index is 2.77. The fraction of sp³-hybridized carbons (Fsp3) is 0.200. The fourth-order valence-corrected chi connectivity index (χ4v) is 1.40. The summed E-state index contributed by atoms with van der Waals surface area (Å²) in [6.07, 6.45) is 0.275. The Bertz CT molecular complexity index is 393. The first-order valence-electron chi connectivity index (χ1n) is 4.19. The number of halogens is 2. The highest BCUT2D eigenvalue weighted by atomic mass is 35.5. The van der Waals surface area contributed by atoms with Gasteiger partial charge in [0, 0.05) is 13.6 Å². The maximum Gasteiger partial charge on any atom is 0.286 e. The average Bonchev–Trinajstić information content (AvgIpc) is 2.22. The highest BCUT2D eigenvalue weighted by molar-refractivity contribution is 6.42. The van der Waals surface area contributed by atoms with Crippen molar-refractivity contribution in [3.05, 3.63) is 33.8 Å². The van der Waals surface area contributed by atoms with Crippen LogP contribution in [0.25, 0.3) is 0 Å². The van der Waals surface area contributed by atoms with Crippen LogP contribution in [0.5, 0.6) is 0 Å². The van der Waals surface area contributed by atoms with Crippen LogP contribution in [0, 0.1) is 0 Å². The van der Waals surface area contributed by atoms with Gasteiger partial charge in [-0.2, -0.15) is 0 Å². The summed E-state index contributed by atoms with van der Waals surface area (Å²) in [6, 6.07) is 5.07. The van der Waals surface area contributed by atoms with E-state index in [1.165, 1.54) is 4.90 Å². The Kier molecular flexibility index (Phi) is 4.12. The monoisotopic (exact) mass is 245 g/mol. The number of carbonyl (C=O) groups excluding carboxylic acids is 2. The van der Waals surface area contributed by atoms with E-state index >= 15 is 0 Å². The molecule has 0 N–H and O–H groups in total. The van der Waals surface area contributed by atoms with Crippen molar-refractivity contribution in [3.8, 4) is 0 Å². The maximum atomic E-state index is 11.0. The summed E-state index contributed by atoms with van der Waals surface area (Å²) in [7, 11) is 1.54. The van der Waals surface area contributed by atoms with Crippen LogP contribution < -0.4 is 0 Å². The number of hydrogen-bond donors (Lipinski definition) is 0. The second-order valence-electron chi connectivity index (χ2n) is 3.06. The van der Waals surface area contributed by atoms with E-state index in [4.69, 9.17) is 23.2 Å². The molecule has 1 aromatic rings. The van der Waals surface area contributed by atoms with E-state index < -0.39 is 5.91 Å². The quantitative estimate of drug-likeness (QED) is 0.605. The molecule has 0 radical (unpaired) electrons. The second-order valence-corrected chi connectivity index (χ2v) is 3.88. The molecule has 15 heavy (non-hydrogen) atoms. The first-order valence-corrected chi connectivity index (χ1v) is 4.94. The molecule has 0 aromatic heterocycles. The Morgan fingerprint density at radius 1 is 1.40 bits per heavy atom. The van der Waals surface area contributed by atoms with Gasteiger partial charge in [0.15, 0.2) is 0 Å². The highest BCUT2D eigenvalue weighted by Crippen LogP contribution is 2.22. The maximum absolute atomic E-state index is 11.0. The molecule has 0 atom stereocenters. The molecule has 1 amide bonds. The molecular formula is C10H9Cl2NO2. The third kappa shape index (κ3) is 3.22. The van der Waals surface area contributed by atoms with Crippen LogP contribution in [-0.4, -0.2) is 24.1 Å². The van der Waals surface area contributed by atoms with E-state index in [9.17, 15) is 9.59 Å². The molecule has 3 nitrogen and oxygen atoms in total. The molecule has 0 unspecified atom stereocenters. The number of likely N-dealkylation sites (N-methyl/N-ethyl adjacent to an activating group) is 1. The molecule has 0 aliphatic rings. The Morgan fingerprint density at radius 2 is 2.07 bits per heavy atom. The molecule has 80 valence electrons. The van der Waals surface area contributed by atoms with Gasteiger partial charge in [0.05, 0.1) is 10.0 Å². The summed E-state index contributed by atoms with van der Waals surface area (Å²) in [5.74, 6) is -0.568. The van der Waals surface area contributed by atoms with Gasteiger partial charge in [0.25, 0.3) is 5.91 Å². The zero-order chi connectivity index (χ0) is 11.4. The van der Waals surface area contributed by atoms with Crippen LogP contribution in [0.15, 0.2) is 18.2 Å². The molecule has 1 rings (SSSR count). The van der Waals surface area contributed by atoms with Crippen molar-refractivity contribution in [2.45, 2.75) is 6.54 Å². The first-order chi connectivity index (χ1) is 7.04. The molecule has 5 heteroatoms. The van der Waals surface area contributed by atoms with Gasteiger partial charge < -0.3 is 4.90 Å². The van der Waals surface area contributed by atoms with E-state index in [1.807, 2.05) is 0 Å². The molecule has 0 bridgehead atoms. The van der Waals surface area contributed by atoms with Gasteiger partial charge in [-0.25, -0.2) is 0 Å². The van der Waals surface area contributed by atoms with Crippen molar-refractivity contribution in [2.24, 2.45) is 0 Å². The summed E-state index contributed by atoms with van der Waals surface area (Å²) in [5, 5.41) is 0.894. The lowest BCUT2D eigenvalue weighted by molar-refractivity contribution is -0.138. The standard InChI is InChI=1S/C10H9Cl2NO2/c1-13(10(15)6-14)5-7-2-3-8(11)9(12)4-7/h2-4,6H,5H2,1H3. The lowest BCUT2D eigenvalue weighted by Crippen LogP contribution is -2.26. The number of rotatable bonds is 3. The Labute approximate surface area is 97.6 Å². The molecule has 0 saturated carbocycles. The highest BCUT2D eigenvalue weighted by Gasteiger charge is 2.08. The van der Waals surface area contributed by atoms with E-state index in [-0.39, 0.29) is 6.29 Å². The topological polar surface area (TPSA) is 37.4 Å². The summed E-state index contributed by atoms with van der Waals surface area (Å²) in [5.41, 5.74) is 0.821. The van der Waals surface area contributed by atoms with E-state index in [1.54, 1.807) is 25.2 Å². The zero-order valence-corrected chi connectivity index (χ0v) is 9.55. The molecular weight excluding hydrogens is 237 g/mol. The lowest BCUT2D eigenvalue weighted by atomic mass is 10.2. The average molecular weight is 246 g/mol. The minimum Gasteiger partial charge on any atom is -0.335 e. The largest absolute Gasteiger partial charge is 0.335 e. The summed E-state index contributed by atoms with van der Waals surface area (Å²) in [4.78, 5) is 22.5. The Morgan fingerprint density at radius 3 is 2.60 bits per heavy atom. The minimum absolute atomic E-state index is 0.275. The molecule has 0 fully saturated rings. The van der Waals surface area contributed by atoms with Crippen LogP contribution in [-0.2, 0) is 16.1 Å². The first kappa shape index (κ1) is 12.0. The van der Waals surface area contributed by atoms with Crippen molar-refractivity contribution in [3.63, 3.8) is 0 Å². The van der Waals surface area contributed by atoms with Crippen LogP contribution >= 0.6 is 23.2 Å². The third-order valence-corrected chi connectivity index (χ3v) is 2.62. The molecule has 0 spiro atoms. The SMILES string of the molecule is CN(Cc1ccc(Cl)c(Cl)c1)C(=O)C=O. The minimum atomic E-state index is -0.568. The Hall–Kier alpha value is -1.06. The smallest absolute Gasteiger partial charge is 0.286 e. The van der Waals surface area contributed by atoms with Crippen molar-refractivity contribution in [1.29, 1.82) is 0 Å². The summed E-state index contributed by atoms with van der Waals surface area (Å²) >= 11 is 11.5. The van der Waals surface area contributed by atoms with Crippen molar-refractivity contribution >= 4 is 35.4 Å². The number of hydrogen-bond acceptors (Lipinski definition) is 2. The molecule has 0 aliphatic carbocycles. The molecule has 0 saturated heterocycles. The van der Waals surface area contributed by atoms with Crippen molar-refractivity contribution in [2.75, 3.05) is 7.05 Å². The van der Waals surface area contributed by atoms with Crippen LogP contribution in [0.2, 0.25) is 10.0 Å². The van der Waals surface area contributed by atoms with Gasteiger partial charge >= 0.3 is 0 Å².